The second-order valence-electron chi connectivity index (χ2n) is 9.26. The number of ether oxygens (including phenoxy) is 1. The molecule has 0 aliphatic carbocycles. The summed E-state index contributed by atoms with van der Waals surface area (Å²) in [5, 5.41) is 10.0. The van der Waals surface area contributed by atoms with Crippen LogP contribution >= 0.6 is 0 Å². The van der Waals surface area contributed by atoms with Crippen LogP contribution in [-0.4, -0.2) is 62.1 Å². The quantitative estimate of drug-likeness (QED) is 0.141. The van der Waals surface area contributed by atoms with Crippen molar-refractivity contribution in [3.63, 3.8) is 0 Å². The first-order valence-corrected chi connectivity index (χ1v) is 15.7. The van der Waals surface area contributed by atoms with Gasteiger partial charge in [-0.25, -0.2) is 12.7 Å². The van der Waals surface area contributed by atoms with Crippen molar-refractivity contribution in [2.24, 2.45) is 0 Å². The van der Waals surface area contributed by atoms with E-state index in [1.54, 1.807) is 48.5 Å². The van der Waals surface area contributed by atoms with Gasteiger partial charge in [0.15, 0.2) is 6.54 Å². The molecule has 1 aromatic heterocycles. The normalized spacial score (nSPS) is 12.0. The fraction of sp³-hybridized carbons (Fsp3) is 0.250. The molecule has 0 saturated carbocycles. The van der Waals surface area contributed by atoms with Gasteiger partial charge in [0.25, 0.3) is 26.0 Å². The lowest BCUT2D eigenvalue weighted by molar-refractivity contribution is -0.645. The number of sulfonamides is 1. The number of rotatable bonds is 12. The number of hydrogen-bond donors (Lipinski definition) is 2. The fourth-order valence-electron chi connectivity index (χ4n) is 4.70. The summed E-state index contributed by atoms with van der Waals surface area (Å²) in [6.07, 6.45) is -0.349. The molecule has 3 aromatic carbocycles. The highest BCUT2D eigenvalue weighted by Gasteiger charge is 2.34. The van der Waals surface area contributed by atoms with Crippen molar-refractivity contribution in [2.75, 3.05) is 19.4 Å². The molecule has 1 amide bonds. The van der Waals surface area contributed by atoms with Crippen LogP contribution in [0, 0.1) is 0 Å². The summed E-state index contributed by atoms with van der Waals surface area (Å²) >= 11 is 0. The Labute approximate surface area is 237 Å². The van der Waals surface area contributed by atoms with E-state index in [1.165, 1.54) is 31.4 Å². The second kappa shape index (κ2) is 12.2. The highest BCUT2D eigenvalue weighted by atomic mass is 32.2. The second-order valence-corrected chi connectivity index (χ2v) is 12.7. The lowest BCUT2D eigenvalue weighted by Gasteiger charge is -2.24. The van der Waals surface area contributed by atoms with E-state index in [2.05, 4.69) is 0 Å². The molecule has 4 aromatic rings. The van der Waals surface area contributed by atoms with Crippen molar-refractivity contribution in [1.29, 1.82) is 0 Å². The summed E-state index contributed by atoms with van der Waals surface area (Å²) in [5.41, 5.74) is 1.21. The summed E-state index contributed by atoms with van der Waals surface area (Å²) in [6, 6.07) is 19.2. The van der Waals surface area contributed by atoms with Crippen molar-refractivity contribution < 1.29 is 45.4 Å². The Kier molecular flexibility index (Phi) is 8.90. The lowest BCUT2D eigenvalue weighted by atomic mass is 10.0. The molecule has 13 heteroatoms. The number of hydrogen-bond acceptors (Lipinski definition) is 7. The highest BCUT2D eigenvalue weighted by Crippen LogP contribution is 2.29. The number of aliphatic carboxylic acids is 1. The monoisotopic (exact) mass is 601 g/mol. The molecule has 0 bridgehead atoms. The molecule has 0 atom stereocenters. The molecule has 0 spiro atoms. The van der Waals surface area contributed by atoms with E-state index in [-0.39, 0.29) is 42.8 Å². The zero-order chi connectivity index (χ0) is 29.8. The average Bonchev–Trinajstić information content (AvgIpc) is 2.94. The number of carbonyl (C=O) groups is 2. The Balaban J connectivity index is 1.90. The van der Waals surface area contributed by atoms with Crippen LogP contribution in [0.3, 0.4) is 0 Å². The predicted octanol–water partition coefficient (Wildman–Crippen LogP) is 3.26. The number of carboxylic acids is 1. The van der Waals surface area contributed by atoms with Gasteiger partial charge in [-0.2, -0.15) is 13.0 Å². The third-order valence-corrected chi connectivity index (χ3v) is 9.15. The van der Waals surface area contributed by atoms with Crippen molar-refractivity contribution in [3.8, 4) is 5.75 Å². The van der Waals surface area contributed by atoms with Gasteiger partial charge in [-0.1, -0.05) is 24.3 Å². The van der Waals surface area contributed by atoms with Crippen LogP contribution in [0.1, 0.15) is 29.6 Å². The summed E-state index contributed by atoms with van der Waals surface area (Å²) in [4.78, 5) is 25.4. The van der Waals surface area contributed by atoms with Gasteiger partial charge in [0, 0.05) is 31.5 Å². The summed E-state index contributed by atoms with van der Waals surface area (Å²) < 4.78 is 67.2. The Hall–Kier alpha value is -4.07. The third-order valence-electron chi connectivity index (χ3n) is 6.55. The first-order valence-electron chi connectivity index (χ1n) is 12.7. The Morgan fingerprint density at radius 1 is 0.854 bits per heavy atom. The molecular formula is C28H29N2O9S2+. The van der Waals surface area contributed by atoms with E-state index in [0.29, 0.717) is 31.9 Å². The van der Waals surface area contributed by atoms with Gasteiger partial charge in [-0.3, -0.25) is 14.1 Å². The maximum absolute atomic E-state index is 14.3. The minimum atomic E-state index is -4.42. The first-order chi connectivity index (χ1) is 19.4. The van der Waals surface area contributed by atoms with Crippen LogP contribution in [0.5, 0.6) is 5.75 Å². The molecule has 1 heterocycles. The molecule has 0 fully saturated rings. The smallest absolute Gasteiger partial charge is 0.303 e. The Bertz CT molecular complexity index is 1760. The number of aryl methyl sites for hydroxylation is 1. The molecule has 0 radical (unpaired) electrons. The number of amides is 1. The molecular weight excluding hydrogens is 572 g/mol. The number of aromatic nitrogens is 1. The van der Waals surface area contributed by atoms with Crippen molar-refractivity contribution >= 4 is 53.8 Å². The van der Waals surface area contributed by atoms with E-state index in [4.69, 9.17) is 4.74 Å². The van der Waals surface area contributed by atoms with Gasteiger partial charge >= 0.3 is 5.97 Å². The van der Waals surface area contributed by atoms with Gasteiger partial charge in [0.05, 0.1) is 34.1 Å². The van der Waals surface area contributed by atoms with Crippen molar-refractivity contribution in [1.82, 2.24) is 4.31 Å². The summed E-state index contributed by atoms with van der Waals surface area (Å²) in [7, 11) is -7.17. The van der Waals surface area contributed by atoms with Gasteiger partial charge in [-0.15, -0.1) is 0 Å². The molecule has 0 aliphatic rings. The van der Waals surface area contributed by atoms with Crippen LogP contribution in [0.25, 0.3) is 21.8 Å². The van der Waals surface area contributed by atoms with Crippen LogP contribution in [-0.2, 0) is 31.5 Å². The van der Waals surface area contributed by atoms with E-state index < -0.39 is 37.8 Å². The van der Waals surface area contributed by atoms with Crippen LogP contribution < -0.4 is 9.30 Å². The number of benzene rings is 3. The number of para-hydroxylation sites is 2. The van der Waals surface area contributed by atoms with Crippen LogP contribution in [0.4, 0.5) is 0 Å². The molecule has 11 nitrogen and oxygen atoms in total. The van der Waals surface area contributed by atoms with E-state index >= 15 is 0 Å². The summed E-state index contributed by atoms with van der Waals surface area (Å²) in [6.45, 7) is -0.173. The lowest BCUT2D eigenvalue weighted by Crippen LogP contribution is -2.40. The molecule has 216 valence electrons. The zero-order valence-corrected chi connectivity index (χ0v) is 23.8. The largest absolute Gasteiger partial charge is 0.497 e. The number of carboxylic acid groups (broad SMARTS) is 1. The first kappa shape index (κ1) is 29.9. The maximum Gasteiger partial charge on any atom is 0.303 e. The van der Waals surface area contributed by atoms with Gasteiger partial charge in [0.1, 0.15) is 5.75 Å². The average molecular weight is 602 g/mol. The van der Waals surface area contributed by atoms with Gasteiger partial charge in [0.2, 0.25) is 11.0 Å². The number of methoxy groups -OCH3 is 1. The minimum absolute atomic E-state index is 0.0952. The van der Waals surface area contributed by atoms with E-state index in [1.807, 2.05) is 4.57 Å². The number of nitrogens with zero attached hydrogens (tertiary/aromatic N) is 2. The minimum Gasteiger partial charge on any atom is -0.497 e. The van der Waals surface area contributed by atoms with Gasteiger partial charge in [-0.05, 0) is 42.8 Å². The molecule has 0 aliphatic heterocycles. The topological polar surface area (TPSA) is 159 Å². The molecule has 2 N–H and O–H groups in total. The zero-order valence-electron chi connectivity index (χ0n) is 22.1. The SMILES string of the molecule is COc1ccc(S(=O)(=O)N(CCCC(=O)O)C(=O)c2c3ccccc3[n+](CCCS(=O)(=O)O)c3ccccc23)cc1. The highest BCUT2D eigenvalue weighted by molar-refractivity contribution is 7.89. The van der Waals surface area contributed by atoms with Crippen molar-refractivity contribution in [2.45, 2.75) is 30.7 Å². The molecule has 4 rings (SSSR count). The van der Waals surface area contributed by atoms with E-state index in [0.717, 1.165) is 0 Å². The Morgan fingerprint density at radius 3 is 1.93 bits per heavy atom. The molecule has 0 saturated heterocycles. The fourth-order valence-corrected chi connectivity index (χ4v) is 6.60. The van der Waals surface area contributed by atoms with Gasteiger partial charge < -0.3 is 9.84 Å². The summed E-state index contributed by atoms with van der Waals surface area (Å²) in [5.74, 6) is -1.99. The molecule has 41 heavy (non-hydrogen) atoms. The third kappa shape index (κ3) is 6.64. The maximum atomic E-state index is 14.3. The van der Waals surface area contributed by atoms with E-state index in [9.17, 15) is 36.1 Å². The molecule has 0 unspecified atom stereocenters. The number of pyridine rings is 1. The number of fused-ring (bicyclic) bond motifs is 2. The Morgan fingerprint density at radius 2 is 1.41 bits per heavy atom. The number of carbonyl (C=O) groups excluding carboxylic acids is 1. The predicted molar refractivity (Wildman–Crippen MR) is 151 cm³/mol. The van der Waals surface area contributed by atoms with Crippen molar-refractivity contribution in [3.05, 3.63) is 78.4 Å². The standard InChI is InChI=1S/C28H28N2O9S2/c1-39-20-13-15-21(16-14-20)41(37,38)30(18-6-12-26(31)32)28(33)27-22-8-2-4-10-24(22)29(17-7-19-40(34,35)36)25-11-5-3-9-23(25)27/h2-5,8-11,13-16H,6-7,12,17-19H2,1H3,(H-,31,32,34,35,36)/p+1. The van der Waals surface area contributed by atoms with Crippen LogP contribution in [0.2, 0.25) is 0 Å². The van der Waals surface area contributed by atoms with Crippen LogP contribution in [0.15, 0.2) is 77.7 Å².